The van der Waals surface area contributed by atoms with Gasteiger partial charge in [0, 0.05) is 37.4 Å². The zero-order chi connectivity index (χ0) is 23.8. The van der Waals surface area contributed by atoms with Crippen molar-refractivity contribution in [2.24, 2.45) is 17.8 Å². The summed E-state index contributed by atoms with van der Waals surface area (Å²) in [6, 6.07) is 14.9. The molecule has 5 rings (SSSR count). The predicted molar refractivity (Wildman–Crippen MR) is 130 cm³/mol. The first-order valence-electron chi connectivity index (χ1n) is 11.8. The quantitative estimate of drug-likeness (QED) is 0.518. The van der Waals surface area contributed by atoms with Crippen LogP contribution in [0.15, 0.2) is 60.7 Å². The molecule has 0 saturated carbocycles. The van der Waals surface area contributed by atoms with Gasteiger partial charge < -0.3 is 14.5 Å². The third-order valence-corrected chi connectivity index (χ3v) is 7.23. The van der Waals surface area contributed by atoms with E-state index in [-0.39, 0.29) is 35.5 Å². The Labute approximate surface area is 199 Å². The molecular formula is C27H29N3O4. The van der Waals surface area contributed by atoms with Crippen molar-refractivity contribution >= 4 is 29.1 Å². The molecule has 0 bridgehead atoms. The summed E-state index contributed by atoms with van der Waals surface area (Å²) in [6.07, 6.45) is 4.60. The molecule has 2 saturated heterocycles. The van der Waals surface area contributed by atoms with E-state index in [0.717, 1.165) is 24.5 Å². The van der Waals surface area contributed by atoms with Gasteiger partial charge in [0.2, 0.25) is 11.8 Å². The van der Waals surface area contributed by atoms with Crippen LogP contribution in [0.25, 0.3) is 0 Å². The fourth-order valence-corrected chi connectivity index (χ4v) is 5.32. The molecule has 3 aliphatic rings. The highest BCUT2D eigenvalue weighted by Crippen LogP contribution is 2.40. The Balaban J connectivity index is 1.28. The van der Waals surface area contributed by atoms with Gasteiger partial charge in [-0.05, 0) is 54.8 Å². The topological polar surface area (TPSA) is 70.2 Å². The number of allylic oxidation sites excluding steroid dienone is 2. The number of hydrogen-bond acceptors (Lipinski definition) is 5. The molecule has 2 aliphatic heterocycles. The van der Waals surface area contributed by atoms with E-state index < -0.39 is 0 Å². The van der Waals surface area contributed by atoms with Crippen LogP contribution in [0, 0.1) is 17.8 Å². The van der Waals surface area contributed by atoms with Crippen LogP contribution in [0.3, 0.4) is 0 Å². The van der Waals surface area contributed by atoms with E-state index >= 15 is 0 Å². The largest absolute Gasteiger partial charge is 0.497 e. The average Bonchev–Trinajstić information content (AvgIpc) is 3.14. The summed E-state index contributed by atoms with van der Waals surface area (Å²) >= 11 is 0. The van der Waals surface area contributed by atoms with Crippen molar-refractivity contribution in [2.45, 2.75) is 13.3 Å². The average molecular weight is 460 g/mol. The first kappa shape index (κ1) is 22.2. The number of imide groups is 1. The molecule has 34 heavy (non-hydrogen) atoms. The van der Waals surface area contributed by atoms with Crippen molar-refractivity contribution in [3.8, 4) is 5.75 Å². The van der Waals surface area contributed by atoms with Gasteiger partial charge in [0.25, 0.3) is 5.91 Å². The fraction of sp³-hybridized carbons (Fsp3) is 0.370. The Kier molecular flexibility index (Phi) is 5.86. The molecule has 7 heteroatoms. The molecule has 176 valence electrons. The van der Waals surface area contributed by atoms with Crippen molar-refractivity contribution in [1.82, 2.24) is 4.90 Å². The third kappa shape index (κ3) is 3.85. The van der Waals surface area contributed by atoms with E-state index in [1.807, 2.05) is 48.2 Å². The van der Waals surface area contributed by atoms with Crippen molar-refractivity contribution in [2.75, 3.05) is 43.1 Å². The molecule has 7 nitrogen and oxygen atoms in total. The molecule has 0 N–H and O–H groups in total. The second-order valence-electron chi connectivity index (χ2n) is 9.19. The lowest BCUT2D eigenvalue weighted by atomic mass is 9.78. The number of rotatable bonds is 4. The standard InChI is InChI=1S/C27H29N3O4/c1-18-5-3-8-23-24(18)27(33)30(26(23)32)21-7-4-6-19(17-21)25(31)29-15-13-28(14-16-29)20-9-11-22(34-2)12-10-20/h3-7,9-12,17-18,23-24H,8,13-16H2,1-2H3/t18-,23+,24+/m0/s1. The molecular weight excluding hydrogens is 430 g/mol. The Morgan fingerprint density at radius 3 is 2.35 bits per heavy atom. The molecule has 2 aromatic rings. The Hall–Kier alpha value is -3.61. The SMILES string of the molecule is COc1ccc(N2CCN(C(=O)c3cccc(N4C(=O)[C@@H]5[C@@H](C)C=CC[C@H]5C4=O)c3)CC2)cc1. The number of ether oxygens (including phenoxy) is 1. The predicted octanol–water partition coefficient (Wildman–Crippen LogP) is 3.36. The summed E-state index contributed by atoms with van der Waals surface area (Å²) in [6.45, 7) is 4.64. The second-order valence-corrected chi connectivity index (χ2v) is 9.19. The van der Waals surface area contributed by atoms with E-state index in [1.54, 1.807) is 31.4 Å². The van der Waals surface area contributed by atoms with Crippen LogP contribution in [0.2, 0.25) is 0 Å². The van der Waals surface area contributed by atoms with Gasteiger partial charge in [0.1, 0.15) is 5.75 Å². The molecule has 2 heterocycles. The minimum absolute atomic E-state index is 0.0343. The minimum Gasteiger partial charge on any atom is -0.497 e. The van der Waals surface area contributed by atoms with E-state index in [2.05, 4.69) is 4.90 Å². The maximum atomic E-state index is 13.3. The van der Waals surface area contributed by atoms with E-state index in [4.69, 9.17) is 4.74 Å². The molecule has 0 spiro atoms. The summed E-state index contributed by atoms with van der Waals surface area (Å²) in [4.78, 5) is 44.8. The number of benzene rings is 2. The summed E-state index contributed by atoms with van der Waals surface area (Å²) < 4.78 is 5.23. The number of anilines is 2. The maximum absolute atomic E-state index is 13.3. The molecule has 0 radical (unpaired) electrons. The number of nitrogens with zero attached hydrogens (tertiary/aromatic N) is 3. The van der Waals surface area contributed by atoms with Crippen LogP contribution in [0.1, 0.15) is 23.7 Å². The van der Waals surface area contributed by atoms with Crippen LogP contribution >= 0.6 is 0 Å². The lowest BCUT2D eigenvalue weighted by Crippen LogP contribution is -2.48. The zero-order valence-electron chi connectivity index (χ0n) is 19.5. The highest BCUT2D eigenvalue weighted by atomic mass is 16.5. The van der Waals surface area contributed by atoms with Crippen LogP contribution in [-0.4, -0.2) is 55.9 Å². The van der Waals surface area contributed by atoms with Gasteiger partial charge in [-0.25, -0.2) is 0 Å². The highest BCUT2D eigenvalue weighted by molar-refractivity contribution is 6.22. The van der Waals surface area contributed by atoms with Crippen molar-refractivity contribution < 1.29 is 19.1 Å². The summed E-state index contributed by atoms with van der Waals surface area (Å²) in [5, 5.41) is 0. The zero-order valence-corrected chi connectivity index (χ0v) is 19.5. The molecule has 2 fully saturated rings. The number of carbonyl (C=O) groups is 3. The first-order chi connectivity index (χ1) is 16.5. The number of hydrogen-bond donors (Lipinski definition) is 0. The van der Waals surface area contributed by atoms with Crippen LogP contribution < -0.4 is 14.5 Å². The van der Waals surface area contributed by atoms with Crippen molar-refractivity contribution in [1.29, 1.82) is 0 Å². The van der Waals surface area contributed by atoms with Crippen LogP contribution in [0.5, 0.6) is 5.75 Å². The lowest BCUT2D eigenvalue weighted by Gasteiger charge is -2.36. The molecule has 1 aliphatic carbocycles. The first-order valence-corrected chi connectivity index (χ1v) is 11.8. The van der Waals surface area contributed by atoms with Gasteiger partial charge in [0.05, 0.1) is 24.6 Å². The lowest BCUT2D eigenvalue weighted by molar-refractivity contribution is -0.122. The van der Waals surface area contributed by atoms with Gasteiger partial charge in [-0.15, -0.1) is 0 Å². The Morgan fingerprint density at radius 1 is 0.941 bits per heavy atom. The Morgan fingerprint density at radius 2 is 1.68 bits per heavy atom. The Bertz CT molecular complexity index is 1130. The summed E-state index contributed by atoms with van der Waals surface area (Å²) in [7, 11) is 1.65. The monoisotopic (exact) mass is 459 g/mol. The van der Waals surface area contributed by atoms with Gasteiger partial charge >= 0.3 is 0 Å². The number of piperazine rings is 1. The maximum Gasteiger partial charge on any atom is 0.254 e. The van der Waals surface area contributed by atoms with Gasteiger partial charge in [-0.2, -0.15) is 0 Å². The number of amides is 3. The van der Waals surface area contributed by atoms with Crippen molar-refractivity contribution in [3.63, 3.8) is 0 Å². The molecule has 3 amide bonds. The van der Waals surface area contributed by atoms with E-state index in [1.165, 1.54) is 4.90 Å². The number of methoxy groups -OCH3 is 1. The third-order valence-electron chi connectivity index (χ3n) is 7.23. The smallest absolute Gasteiger partial charge is 0.254 e. The normalized spacial score (nSPS) is 24.4. The fourth-order valence-electron chi connectivity index (χ4n) is 5.32. The van der Waals surface area contributed by atoms with Gasteiger partial charge in [0.15, 0.2) is 0 Å². The summed E-state index contributed by atoms with van der Waals surface area (Å²) in [5.74, 6) is -0.179. The van der Waals surface area contributed by atoms with Crippen LogP contribution in [-0.2, 0) is 9.59 Å². The van der Waals surface area contributed by atoms with Crippen LogP contribution in [0.4, 0.5) is 11.4 Å². The highest BCUT2D eigenvalue weighted by Gasteiger charge is 2.50. The van der Waals surface area contributed by atoms with Gasteiger partial charge in [-0.1, -0.05) is 25.1 Å². The van der Waals surface area contributed by atoms with Gasteiger partial charge in [-0.3, -0.25) is 19.3 Å². The second kappa shape index (κ2) is 8.97. The number of fused-ring (bicyclic) bond motifs is 1. The summed E-state index contributed by atoms with van der Waals surface area (Å²) in [5.41, 5.74) is 2.09. The van der Waals surface area contributed by atoms with E-state index in [0.29, 0.717) is 30.8 Å². The molecule has 0 aromatic heterocycles. The molecule has 2 aromatic carbocycles. The van der Waals surface area contributed by atoms with Crippen molar-refractivity contribution in [3.05, 3.63) is 66.2 Å². The number of carbonyl (C=O) groups excluding carboxylic acids is 3. The minimum atomic E-state index is -0.317. The molecule has 3 atom stereocenters. The molecule has 0 unspecified atom stereocenters. The van der Waals surface area contributed by atoms with E-state index in [9.17, 15) is 14.4 Å².